The zero-order chi connectivity index (χ0) is 19.0. The van der Waals surface area contributed by atoms with Crippen LogP contribution in [0.4, 0.5) is 0 Å². The van der Waals surface area contributed by atoms with Gasteiger partial charge in [0, 0.05) is 40.8 Å². The van der Waals surface area contributed by atoms with E-state index in [2.05, 4.69) is 27.4 Å². The molecule has 0 bridgehead atoms. The molecule has 0 spiro atoms. The number of nitrogens with one attached hydrogen (secondary N) is 2. The van der Waals surface area contributed by atoms with Crippen molar-refractivity contribution in [2.75, 3.05) is 7.11 Å². The number of hydrogen-bond donors (Lipinski definition) is 2. The van der Waals surface area contributed by atoms with E-state index >= 15 is 0 Å². The second-order valence-electron chi connectivity index (χ2n) is 6.67. The fourth-order valence-electron chi connectivity index (χ4n) is 3.82. The number of dihydropyridines is 1. The topological polar surface area (TPSA) is 67.0 Å². The number of esters is 1. The Hall–Kier alpha value is -3.34. The summed E-state index contributed by atoms with van der Waals surface area (Å²) in [6.45, 7) is 3.93. The first-order valence-electron chi connectivity index (χ1n) is 8.85. The maximum atomic E-state index is 12.7. The Morgan fingerprint density at radius 1 is 1.11 bits per heavy atom. The molecule has 1 aromatic carbocycles. The molecular weight excluding hydrogens is 338 g/mol. The summed E-state index contributed by atoms with van der Waals surface area (Å²) in [6, 6.07) is 14.1. The standard InChI is InChI=1S/C22H21N3O2/c1-13-19(18-6-4-5-10-23-18)21(20(14(2)25-13)22(26)27-3)16-7-8-17-15(12-16)9-11-24-17/h4-12,21,24-25H,1-3H3. The normalized spacial score (nSPS) is 17.2. The molecule has 1 unspecified atom stereocenters. The van der Waals surface area contributed by atoms with Crippen molar-refractivity contribution < 1.29 is 9.53 Å². The number of hydrogen-bond acceptors (Lipinski definition) is 4. The van der Waals surface area contributed by atoms with Gasteiger partial charge in [0.05, 0.1) is 18.4 Å². The molecule has 4 rings (SSSR count). The molecule has 1 aliphatic heterocycles. The van der Waals surface area contributed by atoms with Gasteiger partial charge in [-0.2, -0.15) is 0 Å². The van der Waals surface area contributed by atoms with Crippen molar-refractivity contribution in [1.29, 1.82) is 0 Å². The number of aromatic amines is 1. The summed E-state index contributed by atoms with van der Waals surface area (Å²) in [4.78, 5) is 20.5. The van der Waals surface area contributed by atoms with Crippen LogP contribution in [0.25, 0.3) is 16.5 Å². The summed E-state index contributed by atoms with van der Waals surface area (Å²) < 4.78 is 5.12. The zero-order valence-electron chi connectivity index (χ0n) is 15.5. The second-order valence-corrected chi connectivity index (χ2v) is 6.67. The van der Waals surface area contributed by atoms with Crippen LogP contribution in [0.15, 0.2) is 71.8 Å². The molecule has 5 heteroatoms. The Bertz CT molecular complexity index is 1080. The van der Waals surface area contributed by atoms with Gasteiger partial charge in [0.25, 0.3) is 0 Å². The van der Waals surface area contributed by atoms with E-state index < -0.39 is 0 Å². The fraction of sp³-hybridized carbons (Fsp3) is 0.182. The number of allylic oxidation sites excluding steroid dienone is 3. The minimum absolute atomic E-state index is 0.257. The van der Waals surface area contributed by atoms with Crippen LogP contribution in [0.2, 0.25) is 0 Å². The Morgan fingerprint density at radius 2 is 1.96 bits per heavy atom. The van der Waals surface area contributed by atoms with Crippen LogP contribution in [0, 0.1) is 0 Å². The van der Waals surface area contributed by atoms with Crippen LogP contribution >= 0.6 is 0 Å². The highest BCUT2D eigenvalue weighted by Gasteiger charge is 2.35. The highest BCUT2D eigenvalue weighted by atomic mass is 16.5. The van der Waals surface area contributed by atoms with Gasteiger partial charge in [0.15, 0.2) is 0 Å². The van der Waals surface area contributed by atoms with Crippen LogP contribution in [0.5, 0.6) is 0 Å². The van der Waals surface area contributed by atoms with Crippen LogP contribution in [-0.4, -0.2) is 23.0 Å². The van der Waals surface area contributed by atoms with Gasteiger partial charge in [-0.1, -0.05) is 12.1 Å². The summed E-state index contributed by atoms with van der Waals surface area (Å²) in [5.41, 5.74) is 6.32. The minimum Gasteiger partial charge on any atom is -0.466 e. The number of pyridine rings is 1. The summed E-state index contributed by atoms with van der Waals surface area (Å²) >= 11 is 0. The lowest BCUT2D eigenvalue weighted by Crippen LogP contribution is -2.28. The molecule has 1 aliphatic rings. The van der Waals surface area contributed by atoms with E-state index in [1.54, 1.807) is 6.20 Å². The summed E-state index contributed by atoms with van der Waals surface area (Å²) in [5.74, 6) is -0.590. The molecule has 3 heterocycles. The van der Waals surface area contributed by atoms with Crippen molar-refractivity contribution in [2.45, 2.75) is 19.8 Å². The van der Waals surface area contributed by atoms with E-state index in [1.165, 1.54) is 7.11 Å². The third-order valence-corrected chi connectivity index (χ3v) is 5.02. The maximum Gasteiger partial charge on any atom is 0.336 e. The van der Waals surface area contributed by atoms with Gasteiger partial charge in [-0.05, 0) is 55.1 Å². The number of rotatable bonds is 3. The molecule has 1 atom stereocenters. The second kappa shape index (κ2) is 6.76. The van der Waals surface area contributed by atoms with Gasteiger partial charge < -0.3 is 15.0 Å². The van der Waals surface area contributed by atoms with Crippen LogP contribution in [0.1, 0.15) is 31.0 Å². The largest absolute Gasteiger partial charge is 0.466 e. The SMILES string of the molecule is COC(=O)C1=C(C)NC(C)=C(c2ccccn2)C1c1ccc2[nH]ccc2c1. The molecule has 0 fully saturated rings. The number of methoxy groups -OCH3 is 1. The molecule has 0 radical (unpaired) electrons. The summed E-state index contributed by atoms with van der Waals surface area (Å²) in [6.07, 6.45) is 3.69. The molecule has 0 aliphatic carbocycles. The van der Waals surface area contributed by atoms with Crippen molar-refractivity contribution >= 4 is 22.4 Å². The quantitative estimate of drug-likeness (QED) is 0.690. The van der Waals surface area contributed by atoms with Crippen molar-refractivity contribution in [3.63, 3.8) is 0 Å². The van der Waals surface area contributed by atoms with Gasteiger partial charge >= 0.3 is 5.97 Å². The van der Waals surface area contributed by atoms with Crippen molar-refractivity contribution in [3.8, 4) is 0 Å². The Morgan fingerprint density at radius 3 is 2.70 bits per heavy atom. The van der Waals surface area contributed by atoms with Crippen molar-refractivity contribution in [1.82, 2.24) is 15.3 Å². The predicted molar refractivity (Wildman–Crippen MR) is 106 cm³/mol. The first-order chi connectivity index (χ1) is 13.1. The predicted octanol–water partition coefficient (Wildman–Crippen LogP) is 4.13. The van der Waals surface area contributed by atoms with Crippen molar-refractivity contribution in [2.24, 2.45) is 0 Å². The molecule has 2 aromatic heterocycles. The lowest BCUT2D eigenvalue weighted by atomic mass is 9.78. The van der Waals surface area contributed by atoms with Gasteiger partial charge in [0.1, 0.15) is 0 Å². The van der Waals surface area contributed by atoms with E-state index in [0.717, 1.165) is 39.1 Å². The monoisotopic (exact) mass is 359 g/mol. The van der Waals surface area contributed by atoms with E-state index in [1.807, 2.05) is 50.4 Å². The highest BCUT2D eigenvalue weighted by molar-refractivity contribution is 5.97. The number of carbonyl (C=O) groups excluding carboxylic acids is 1. The van der Waals surface area contributed by atoms with Crippen LogP contribution < -0.4 is 5.32 Å². The molecule has 136 valence electrons. The molecule has 0 saturated heterocycles. The van der Waals surface area contributed by atoms with E-state index in [4.69, 9.17) is 4.74 Å². The summed E-state index contributed by atoms with van der Waals surface area (Å²) in [5, 5.41) is 4.44. The van der Waals surface area contributed by atoms with Gasteiger partial charge in [-0.15, -0.1) is 0 Å². The third kappa shape index (κ3) is 2.91. The number of carbonyl (C=O) groups is 1. The Kier molecular flexibility index (Phi) is 4.28. The number of benzene rings is 1. The number of nitrogens with zero attached hydrogens (tertiary/aromatic N) is 1. The molecule has 5 nitrogen and oxygen atoms in total. The maximum absolute atomic E-state index is 12.7. The van der Waals surface area contributed by atoms with Gasteiger partial charge in [0.2, 0.25) is 0 Å². The third-order valence-electron chi connectivity index (χ3n) is 5.02. The van der Waals surface area contributed by atoms with E-state index in [9.17, 15) is 4.79 Å². The number of aromatic nitrogens is 2. The number of ether oxygens (including phenoxy) is 1. The Balaban J connectivity index is 1.96. The fourth-order valence-corrected chi connectivity index (χ4v) is 3.82. The Labute approximate surface area is 157 Å². The number of fused-ring (bicyclic) bond motifs is 1. The van der Waals surface area contributed by atoms with Crippen LogP contribution in [-0.2, 0) is 9.53 Å². The first kappa shape index (κ1) is 17.1. The molecule has 27 heavy (non-hydrogen) atoms. The molecule has 2 N–H and O–H groups in total. The molecule has 0 amide bonds. The minimum atomic E-state index is -0.333. The first-order valence-corrected chi connectivity index (χ1v) is 8.85. The molecular formula is C22H21N3O2. The lowest BCUT2D eigenvalue weighted by molar-refractivity contribution is -0.136. The molecule has 3 aromatic rings. The van der Waals surface area contributed by atoms with Gasteiger partial charge in [-0.3, -0.25) is 4.98 Å². The van der Waals surface area contributed by atoms with Gasteiger partial charge in [-0.25, -0.2) is 4.79 Å². The lowest BCUT2D eigenvalue weighted by Gasteiger charge is -2.31. The average molecular weight is 359 g/mol. The molecule has 0 saturated carbocycles. The van der Waals surface area contributed by atoms with E-state index in [-0.39, 0.29) is 11.9 Å². The smallest absolute Gasteiger partial charge is 0.336 e. The number of H-pyrrole nitrogens is 1. The van der Waals surface area contributed by atoms with E-state index in [0.29, 0.717) is 5.57 Å². The van der Waals surface area contributed by atoms with Crippen molar-refractivity contribution in [3.05, 3.63) is 83.1 Å². The summed E-state index contributed by atoms with van der Waals surface area (Å²) in [7, 11) is 1.42. The average Bonchev–Trinajstić information content (AvgIpc) is 3.15. The highest BCUT2D eigenvalue weighted by Crippen LogP contribution is 2.43. The zero-order valence-corrected chi connectivity index (χ0v) is 15.5. The van der Waals surface area contributed by atoms with Crippen LogP contribution in [0.3, 0.4) is 0 Å².